The second kappa shape index (κ2) is 1.65. The number of sulfone groups is 1. The summed E-state index contributed by atoms with van der Waals surface area (Å²) in [6.07, 6.45) is 0. The molecule has 6 heteroatoms. The van der Waals surface area contributed by atoms with Crippen molar-refractivity contribution in [3.05, 3.63) is 21.4 Å². The molecule has 0 bridgehead atoms. The third-order valence-corrected chi connectivity index (χ3v) is 2.26. The lowest BCUT2D eigenvalue weighted by molar-refractivity contribution is 0.371. The predicted octanol–water partition coefficient (Wildman–Crippen LogP) is -1.86. The molecule has 0 aliphatic carbocycles. The van der Waals surface area contributed by atoms with E-state index in [9.17, 15) is 13.2 Å². The Labute approximate surface area is 60.2 Å². The van der Waals surface area contributed by atoms with Gasteiger partial charge >= 0.3 is 5.82 Å². The second-order valence-electron chi connectivity index (χ2n) is 2.01. The third-order valence-electron chi connectivity index (χ3n) is 1.17. The van der Waals surface area contributed by atoms with Crippen LogP contribution in [0.5, 0.6) is 0 Å². The van der Waals surface area contributed by atoms with Crippen molar-refractivity contribution < 1.29 is 17.3 Å². The van der Waals surface area contributed by atoms with E-state index in [1.807, 2.05) is 0 Å². The zero-order chi connectivity index (χ0) is 8.06. The molecular formula is C5H2O5S. The first-order valence-corrected chi connectivity index (χ1v) is 4.26. The molecule has 0 unspecified atom stereocenters. The summed E-state index contributed by atoms with van der Waals surface area (Å²) in [5.41, 5.74) is -0.0648. The Bertz CT molecular complexity index is 512. The summed E-state index contributed by atoms with van der Waals surface area (Å²) in [4.78, 5) is 10.3. The van der Waals surface area contributed by atoms with Crippen molar-refractivity contribution in [3.8, 4) is 0 Å². The van der Waals surface area contributed by atoms with Crippen LogP contribution < -0.4 is 16.7 Å². The molecule has 0 N–H and O–H groups in total. The minimum Gasteiger partial charge on any atom is -0.390 e. The minimum absolute atomic E-state index is 0.0324. The average Bonchev–Trinajstić information content (AvgIpc) is 2.17. The molecule has 1 aliphatic rings. The lowest BCUT2D eigenvalue weighted by Crippen LogP contribution is -2.13. The first kappa shape index (κ1) is 6.41. The van der Waals surface area contributed by atoms with Crippen LogP contribution in [0.25, 0.3) is 10.8 Å². The van der Waals surface area contributed by atoms with E-state index in [1.54, 1.807) is 0 Å². The van der Waals surface area contributed by atoms with Gasteiger partial charge in [0, 0.05) is 0 Å². The van der Waals surface area contributed by atoms with Crippen LogP contribution in [0.3, 0.4) is 0 Å². The van der Waals surface area contributed by atoms with E-state index in [1.165, 1.54) is 0 Å². The second-order valence-corrected chi connectivity index (χ2v) is 3.66. The Morgan fingerprint density at radius 1 is 1.09 bits per heavy atom. The Kier molecular flexibility index (Phi) is 0.960. The van der Waals surface area contributed by atoms with Crippen LogP contribution in [0.1, 0.15) is 0 Å². The molecule has 2 rings (SSSR count). The van der Waals surface area contributed by atoms with Crippen LogP contribution in [0.4, 0.5) is 0 Å². The molecule has 1 aromatic heterocycles. The first-order valence-electron chi connectivity index (χ1n) is 2.65. The molecule has 0 atom stereocenters. The molecule has 0 amide bonds. The largest absolute Gasteiger partial charge is 0.519 e. The third kappa shape index (κ3) is 0.911. The minimum atomic E-state index is -3.36. The number of rotatable bonds is 0. The van der Waals surface area contributed by atoms with Gasteiger partial charge in [-0.3, -0.25) is 0 Å². The molecule has 11 heavy (non-hydrogen) atoms. The van der Waals surface area contributed by atoms with Crippen LogP contribution in [0, 0.1) is 0 Å². The molecular weight excluding hydrogens is 172 g/mol. The summed E-state index contributed by atoms with van der Waals surface area (Å²) in [6.45, 7) is 0. The summed E-state index contributed by atoms with van der Waals surface area (Å²) in [7, 11) is -3.36. The number of fused-ring (bicyclic) bond motifs is 1. The fourth-order valence-corrected chi connectivity index (χ4v) is 1.79. The lowest BCUT2D eigenvalue weighted by atomic mass is 10.7. The average molecular weight is 174 g/mol. The van der Waals surface area contributed by atoms with Crippen molar-refractivity contribution in [3.63, 3.8) is 0 Å². The smallest absolute Gasteiger partial charge is 0.390 e. The summed E-state index contributed by atoms with van der Waals surface area (Å²) in [5.74, 6) is -0.891. The zero-order valence-corrected chi connectivity index (χ0v) is 5.92. The monoisotopic (exact) mass is 174 g/mol. The Morgan fingerprint density at radius 3 is 2.00 bits per heavy atom. The topological polar surface area (TPSA) is 77.5 Å². The Hall–Kier alpha value is -1.30. The van der Waals surface area contributed by atoms with Crippen LogP contribution in [-0.4, -0.2) is 8.42 Å². The van der Waals surface area contributed by atoms with E-state index in [2.05, 4.69) is 8.83 Å². The number of hydrogen-bond donors (Lipinski definition) is 0. The van der Waals surface area contributed by atoms with Crippen molar-refractivity contribution in [2.24, 2.45) is 0 Å². The fraction of sp³-hybridized carbons (Fsp3) is 0. The van der Waals surface area contributed by atoms with Gasteiger partial charge in [0.05, 0.1) is 10.8 Å². The van der Waals surface area contributed by atoms with Gasteiger partial charge < -0.3 is 8.83 Å². The maximum Gasteiger partial charge on any atom is 0.519 e. The van der Waals surface area contributed by atoms with Crippen molar-refractivity contribution in [2.45, 2.75) is 0 Å². The van der Waals surface area contributed by atoms with Gasteiger partial charge in [-0.2, -0.15) is 0 Å². The highest BCUT2D eigenvalue weighted by atomic mass is 32.2. The predicted molar refractivity (Wildman–Crippen MR) is 34.3 cm³/mol. The SMILES string of the molecule is O=c1oc2c(o1)=CS(=O)(=O)C=2. The van der Waals surface area contributed by atoms with Crippen molar-refractivity contribution >= 4 is 20.7 Å². The molecule has 2 heterocycles. The molecule has 0 fully saturated rings. The van der Waals surface area contributed by atoms with Crippen molar-refractivity contribution in [1.82, 2.24) is 0 Å². The summed E-state index contributed by atoms with van der Waals surface area (Å²) >= 11 is 0. The normalized spacial score (nSPS) is 18.5. The first-order chi connectivity index (χ1) is 5.07. The van der Waals surface area contributed by atoms with E-state index in [4.69, 9.17) is 0 Å². The maximum atomic E-state index is 10.7. The van der Waals surface area contributed by atoms with Crippen molar-refractivity contribution in [2.75, 3.05) is 0 Å². The summed E-state index contributed by atoms with van der Waals surface area (Å²) in [6, 6.07) is 0. The van der Waals surface area contributed by atoms with Crippen molar-refractivity contribution in [1.29, 1.82) is 0 Å². The molecule has 0 aromatic carbocycles. The van der Waals surface area contributed by atoms with Gasteiger partial charge in [-0.15, -0.1) is 0 Å². The quantitative estimate of drug-likeness (QED) is 0.460. The van der Waals surface area contributed by atoms with E-state index in [0.717, 1.165) is 10.8 Å². The molecule has 58 valence electrons. The molecule has 1 aromatic rings. The van der Waals surface area contributed by atoms with Gasteiger partial charge in [0.25, 0.3) is 0 Å². The van der Waals surface area contributed by atoms with E-state index in [-0.39, 0.29) is 10.8 Å². The van der Waals surface area contributed by atoms with Crippen LogP contribution in [0.2, 0.25) is 0 Å². The van der Waals surface area contributed by atoms with Crippen LogP contribution in [-0.2, 0) is 9.84 Å². The standard InChI is InChI=1S/C5H2O5S/c6-5-9-3-1-11(7,8)2-4(3)10-5/h1-2H. The highest BCUT2D eigenvalue weighted by Gasteiger charge is 2.13. The van der Waals surface area contributed by atoms with E-state index in [0.29, 0.717) is 0 Å². The Balaban J connectivity index is 3.08. The lowest BCUT2D eigenvalue weighted by Gasteiger charge is -1.75. The zero-order valence-electron chi connectivity index (χ0n) is 5.10. The molecule has 0 saturated carbocycles. The van der Waals surface area contributed by atoms with Gasteiger partial charge in [-0.1, -0.05) is 0 Å². The molecule has 0 radical (unpaired) electrons. The van der Waals surface area contributed by atoms with Crippen LogP contribution in [0.15, 0.2) is 13.6 Å². The maximum absolute atomic E-state index is 10.7. The molecule has 0 saturated heterocycles. The highest BCUT2D eigenvalue weighted by molar-refractivity contribution is 8.05. The summed E-state index contributed by atoms with van der Waals surface area (Å²) < 4.78 is 30.2. The fourth-order valence-electron chi connectivity index (χ4n) is 0.798. The van der Waals surface area contributed by atoms with E-state index >= 15 is 0 Å². The van der Waals surface area contributed by atoms with E-state index < -0.39 is 15.7 Å². The summed E-state index contributed by atoms with van der Waals surface area (Å²) in [5, 5.41) is 1.68. The number of hydrogen-bond acceptors (Lipinski definition) is 5. The highest BCUT2D eigenvalue weighted by Crippen LogP contribution is 1.95. The Morgan fingerprint density at radius 2 is 1.55 bits per heavy atom. The van der Waals surface area contributed by atoms with Gasteiger partial charge in [-0.25, -0.2) is 13.2 Å². The van der Waals surface area contributed by atoms with Crippen LogP contribution >= 0.6 is 0 Å². The van der Waals surface area contributed by atoms with Gasteiger partial charge in [-0.05, 0) is 0 Å². The molecule has 0 spiro atoms. The van der Waals surface area contributed by atoms with Gasteiger partial charge in [0.2, 0.25) is 9.84 Å². The van der Waals surface area contributed by atoms with Gasteiger partial charge in [0.1, 0.15) is 0 Å². The van der Waals surface area contributed by atoms with Gasteiger partial charge in [0.15, 0.2) is 10.8 Å². The molecule has 1 aliphatic heterocycles. The molecule has 5 nitrogen and oxygen atoms in total.